The first kappa shape index (κ1) is 33.7. The van der Waals surface area contributed by atoms with Crippen LogP contribution in [0.1, 0.15) is 37.0 Å². The fraction of sp³-hybridized carbons (Fsp3) is 0.257. The number of rotatable bonds is 13. The number of hydrogen-bond donors (Lipinski definition) is 1. The van der Waals surface area contributed by atoms with Crippen LogP contribution in [0.15, 0.2) is 108 Å². The van der Waals surface area contributed by atoms with Gasteiger partial charge in [0.05, 0.1) is 10.6 Å². The van der Waals surface area contributed by atoms with Gasteiger partial charge in [-0.05, 0) is 67.8 Å². The van der Waals surface area contributed by atoms with Crippen molar-refractivity contribution in [2.24, 2.45) is 0 Å². The molecule has 7 nitrogen and oxygen atoms in total. The Balaban J connectivity index is 1.81. The van der Waals surface area contributed by atoms with Crippen molar-refractivity contribution in [3.63, 3.8) is 0 Å². The summed E-state index contributed by atoms with van der Waals surface area (Å²) in [6, 6.07) is 26.5. The fourth-order valence-corrected chi connectivity index (χ4v) is 6.33. The molecule has 0 spiro atoms. The van der Waals surface area contributed by atoms with Crippen molar-refractivity contribution < 1.29 is 22.4 Å². The molecule has 4 rings (SSSR count). The molecule has 0 unspecified atom stereocenters. The van der Waals surface area contributed by atoms with Gasteiger partial charge in [0.1, 0.15) is 18.4 Å². The maximum absolute atomic E-state index is 15.2. The molecule has 0 aliphatic heterocycles. The minimum absolute atomic E-state index is 0.0167. The molecule has 45 heavy (non-hydrogen) atoms. The highest BCUT2D eigenvalue weighted by atomic mass is 35.5. The average molecular weight is 650 g/mol. The largest absolute Gasteiger partial charge is 0.352 e. The summed E-state index contributed by atoms with van der Waals surface area (Å²) in [6.45, 7) is 4.87. The zero-order valence-electron chi connectivity index (χ0n) is 25.5. The number of nitrogens with one attached hydrogen (secondary N) is 1. The van der Waals surface area contributed by atoms with Gasteiger partial charge in [0, 0.05) is 24.0 Å². The van der Waals surface area contributed by atoms with Gasteiger partial charge in [-0.2, -0.15) is 0 Å². The van der Waals surface area contributed by atoms with E-state index in [0.717, 1.165) is 21.5 Å². The summed E-state index contributed by atoms with van der Waals surface area (Å²) in [7, 11) is -4.40. The van der Waals surface area contributed by atoms with Gasteiger partial charge in [0.2, 0.25) is 11.8 Å². The van der Waals surface area contributed by atoms with Gasteiger partial charge < -0.3 is 10.2 Å². The van der Waals surface area contributed by atoms with Gasteiger partial charge in [-0.3, -0.25) is 13.9 Å². The zero-order chi connectivity index (χ0) is 32.6. The number of anilines is 1. The van der Waals surface area contributed by atoms with Crippen molar-refractivity contribution in [2.45, 2.75) is 57.1 Å². The van der Waals surface area contributed by atoms with E-state index in [0.29, 0.717) is 17.0 Å². The summed E-state index contributed by atoms with van der Waals surface area (Å²) >= 11 is 6.12. The topological polar surface area (TPSA) is 86.8 Å². The minimum atomic E-state index is -4.40. The normalized spacial score (nSPS) is 12.6. The molecule has 0 aliphatic rings. The van der Waals surface area contributed by atoms with Crippen molar-refractivity contribution in [1.82, 2.24) is 10.2 Å². The predicted octanol–water partition coefficient (Wildman–Crippen LogP) is 6.54. The van der Waals surface area contributed by atoms with Crippen LogP contribution in [0.5, 0.6) is 0 Å². The SMILES string of the molecule is CC[C@H](C)NC(=O)[C@@H](Cc1ccccc1)N(Cc1ccc(Cl)cc1)C(=O)CN(c1ccccc1F)S(=O)(=O)c1ccc(C)cc1. The Bertz CT molecular complexity index is 1700. The van der Waals surface area contributed by atoms with E-state index in [1.165, 1.54) is 35.2 Å². The summed E-state index contributed by atoms with van der Waals surface area (Å²) < 4.78 is 44.1. The molecule has 236 valence electrons. The lowest BCUT2D eigenvalue weighted by atomic mass is 10.0. The number of para-hydroxylation sites is 1. The number of amides is 2. The molecule has 2 atom stereocenters. The molecule has 0 saturated carbocycles. The lowest BCUT2D eigenvalue weighted by molar-refractivity contribution is -0.140. The van der Waals surface area contributed by atoms with Gasteiger partial charge in [0.25, 0.3) is 10.0 Å². The molecule has 0 aliphatic carbocycles. The summed E-state index contributed by atoms with van der Waals surface area (Å²) in [4.78, 5) is 29.5. The van der Waals surface area contributed by atoms with E-state index < -0.39 is 34.3 Å². The van der Waals surface area contributed by atoms with Crippen molar-refractivity contribution in [3.8, 4) is 0 Å². The van der Waals surface area contributed by atoms with Gasteiger partial charge >= 0.3 is 0 Å². The van der Waals surface area contributed by atoms with Gasteiger partial charge in [-0.1, -0.05) is 90.8 Å². The highest BCUT2D eigenvalue weighted by Crippen LogP contribution is 2.27. The second-order valence-corrected chi connectivity index (χ2v) is 13.2. The molecule has 1 N–H and O–H groups in total. The third-order valence-electron chi connectivity index (χ3n) is 7.55. The van der Waals surface area contributed by atoms with Crippen LogP contribution in [0, 0.1) is 12.7 Å². The van der Waals surface area contributed by atoms with Crippen molar-refractivity contribution in [3.05, 3.63) is 131 Å². The second kappa shape index (κ2) is 15.2. The van der Waals surface area contributed by atoms with Crippen LogP contribution in [0.25, 0.3) is 0 Å². The lowest BCUT2D eigenvalue weighted by Gasteiger charge is -2.34. The van der Waals surface area contributed by atoms with Gasteiger partial charge in [-0.15, -0.1) is 0 Å². The maximum Gasteiger partial charge on any atom is 0.264 e. The monoisotopic (exact) mass is 649 g/mol. The van der Waals surface area contributed by atoms with Crippen LogP contribution in [-0.2, 0) is 32.6 Å². The van der Waals surface area contributed by atoms with Crippen molar-refractivity contribution in [1.29, 1.82) is 0 Å². The summed E-state index contributed by atoms with van der Waals surface area (Å²) in [5.41, 5.74) is 2.06. The summed E-state index contributed by atoms with van der Waals surface area (Å²) in [6.07, 6.45) is 0.845. The number of nitrogens with zero attached hydrogens (tertiary/aromatic N) is 2. The smallest absolute Gasteiger partial charge is 0.264 e. The quantitative estimate of drug-likeness (QED) is 0.178. The molecule has 0 heterocycles. The Hall–Kier alpha value is -4.21. The lowest BCUT2D eigenvalue weighted by Crippen LogP contribution is -2.54. The van der Waals surface area contributed by atoms with E-state index >= 15 is 4.39 Å². The number of aryl methyl sites for hydroxylation is 1. The van der Waals surface area contributed by atoms with E-state index in [-0.39, 0.29) is 35.5 Å². The Morgan fingerprint density at radius 3 is 2.11 bits per heavy atom. The van der Waals surface area contributed by atoms with Crippen molar-refractivity contribution in [2.75, 3.05) is 10.8 Å². The molecule has 0 saturated heterocycles. The summed E-state index contributed by atoms with van der Waals surface area (Å²) in [5, 5.41) is 3.49. The third-order valence-corrected chi connectivity index (χ3v) is 9.57. The fourth-order valence-electron chi connectivity index (χ4n) is 4.79. The highest BCUT2D eigenvalue weighted by molar-refractivity contribution is 7.92. The van der Waals surface area contributed by atoms with E-state index in [9.17, 15) is 18.0 Å². The van der Waals surface area contributed by atoms with Crippen LogP contribution in [0.2, 0.25) is 5.02 Å². The Morgan fingerprint density at radius 2 is 1.49 bits per heavy atom. The Kier molecular flexibility index (Phi) is 11.4. The Labute approximate surface area is 269 Å². The molecule has 10 heteroatoms. The summed E-state index contributed by atoms with van der Waals surface area (Å²) in [5.74, 6) is -1.86. The van der Waals surface area contributed by atoms with Crippen LogP contribution in [0.4, 0.5) is 10.1 Å². The number of carbonyl (C=O) groups excluding carboxylic acids is 2. The van der Waals surface area contributed by atoms with E-state index in [4.69, 9.17) is 11.6 Å². The van der Waals surface area contributed by atoms with Crippen LogP contribution in [-0.4, -0.2) is 43.8 Å². The van der Waals surface area contributed by atoms with E-state index in [2.05, 4.69) is 5.32 Å². The van der Waals surface area contributed by atoms with Crippen LogP contribution < -0.4 is 9.62 Å². The number of halogens is 2. The maximum atomic E-state index is 15.2. The first-order valence-corrected chi connectivity index (χ1v) is 16.5. The number of carbonyl (C=O) groups is 2. The first-order chi connectivity index (χ1) is 21.5. The molecule has 2 amide bonds. The predicted molar refractivity (Wildman–Crippen MR) is 176 cm³/mol. The standard InChI is InChI=1S/C35H37ClFN3O4S/c1-4-26(3)38-35(42)33(22-27-10-6-5-7-11-27)39(23-28-16-18-29(36)19-17-28)34(41)24-40(32-13-9-8-12-31(32)37)45(43,44)30-20-14-25(2)15-21-30/h5-21,26,33H,4,22-24H2,1-3H3,(H,38,42)/t26-,33+/m0/s1. The van der Waals surface area contributed by atoms with Gasteiger partial charge in [-0.25, -0.2) is 12.8 Å². The second-order valence-electron chi connectivity index (χ2n) is 10.9. The Morgan fingerprint density at radius 1 is 0.867 bits per heavy atom. The number of benzene rings is 4. The molecule has 4 aromatic rings. The number of hydrogen-bond acceptors (Lipinski definition) is 4. The highest BCUT2D eigenvalue weighted by Gasteiger charge is 2.35. The third kappa shape index (κ3) is 8.71. The molecular weight excluding hydrogens is 613 g/mol. The van der Waals surface area contributed by atoms with Crippen LogP contribution >= 0.6 is 11.6 Å². The molecule has 4 aromatic carbocycles. The van der Waals surface area contributed by atoms with Crippen molar-refractivity contribution >= 4 is 39.1 Å². The zero-order valence-corrected chi connectivity index (χ0v) is 27.1. The molecule has 0 bridgehead atoms. The molecule has 0 fully saturated rings. The average Bonchev–Trinajstić information content (AvgIpc) is 3.03. The van der Waals surface area contributed by atoms with Crippen LogP contribution in [0.3, 0.4) is 0 Å². The molecule has 0 aromatic heterocycles. The first-order valence-electron chi connectivity index (χ1n) is 14.7. The molecular formula is C35H37ClFN3O4S. The van der Waals surface area contributed by atoms with E-state index in [1.807, 2.05) is 51.1 Å². The molecule has 0 radical (unpaired) electrons. The van der Waals surface area contributed by atoms with Gasteiger partial charge in [0.15, 0.2) is 0 Å². The minimum Gasteiger partial charge on any atom is -0.352 e. The van der Waals surface area contributed by atoms with E-state index in [1.54, 1.807) is 36.4 Å². The number of sulfonamides is 1.